The molecule has 1 N–H and O–H groups in total. The van der Waals surface area contributed by atoms with Gasteiger partial charge in [-0.25, -0.2) is 4.74 Å². The van der Waals surface area contributed by atoms with Crippen LogP contribution in [-0.4, -0.2) is 58.3 Å². The number of methoxy groups -OCH3 is 1. The van der Waals surface area contributed by atoms with Gasteiger partial charge < -0.3 is 23.6 Å². The first kappa shape index (κ1) is 20.6. The molecule has 1 rings (SSSR count). The second kappa shape index (κ2) is 11.2. The van der Waals surface area contributed by atoms with Crippen LogP contribution in [0, 0.1) is 0 Å². The van der Waals surface area contributed by atoms with Gasteiger partial charge in [-0.05, 0) is 24.1 Å². The maximum atomic E-state index is 10.6. The molecule has 0 radical (unpaired) electrons. The molecule has 1 aromatic carbocycles. The van der Waals surface area contributed by atoms with Gasteiger partial charge in [-0.1, -0.05) is 12.1 Å². The fourth-order valence-corrected chi connectivity index (χ4v) is 2.97. The Hall–Kier alpha value is -1.40. The number of rotatable bonds is 12. The number of carboxylic acids is 1. The van der Waals surface area contributed by atoms with E-state index in [1.807, 2.05) is 18.8 Å². The Labute approximate surface area is 143 Å². The molecule has 1 atom stereocenters. The Bertz CT molecular complexity index is 546. The number of nitrogens with zero attached hydrogens (tertiary/aromatic N) is 1. The second-order valence-corrected chi connectivity index (χ2v) is 7.52. The molecule has 0 amide bonds. The summed E-state index contributed by atoms with van der Waals surface area (Å²) in [5.74, 6) is -0.157. The first-order valence-corrected chi connectivity index (χ1v) is 9.71. The predicted molar refractivity (Wildman–Crippen MR) is 92.9 cm³/mol. The summed E-state index contributed by atoms with van der Waals surface area (Å²) in [6, 6.07) is 7.32. The van der Waals surface area contributed by atoms with Crippen molar-refractivity contribution < 1.29 is 28.4 Å². The summed E-state index contributed by atoms with van der Waals surface area (Å²) < 4.78 is 26.1. The summed E-state index contributed by atoms with van der Waals surface area (Å²) in [4.78, 5) is 10.6. The SMILES string of the molecule is CN=P(C)(OCCOCCOC)Oc1ccc(CCC(=O)O)cc1. The van der Waals surface area contributed by atoms with Crippen molar-refractivity contribution in [1.29, 1.82) is 0 Å². The van der Waals surface area contributed by atoms with Gasteiger partial charge in [0.1, 0.15) is 5.75 Å². The summed E-state index contributed by atoms with van der Waals surface area (Å²) in [5, 5.41) is 8.70. The normalized spacial score (nSPS) is 13.3. The second-order valence-electron chi connectivity index (χ2n) is 5.07. The molecule has 0 aliphatic heterocycles. The minimum Gasteiger partial charge on any atom is -0.481 e. The third-order valence-corrected chi connectivity index (χ3v) is 5.12. The first-order chi connectivity index (χ1) is 11.5. The van der Waals surface area contributed by atoms with Gasteiger partial charge in [-0.15, -0.1) is 0 Å². The summed E-state index contributed by atoms with van der Waals surface area (Å²) in [6.45, 7) is 3.75. The first-order valence-electron chi connectivity index (χ1n) is 7.68. The third-order valence-electron chi connectivity index (χ3n) is 3.18. The van der Waals surface area contributed by atoms with Crippen LogP contribution in [-0.2, 0) is 25.2 Å². The Kier molecular flexibility index (Phi) is 9.64. The highest BCUT2D eigenvalue weighted by atomic mass is 31.2. The Morgan fingerprint density at radius 3 is 2.42 bits per heavy atom. The zero-order valence-electron chi connectivity index (χ0n) is 14.4. The zero-order valence-corrected chi connectivity index (χ0v) is 15.3. The quantitative estimate of drug-likeness (QED) is 0.456. The molecule has 0 saturated carbocycles. The van der Waals surface area contributed by atoms with Gasteiger partial charge >= 0.3 is 5.97 Å². The van der Waals surface area contributed by atoms with E-state index in [4.69, 9.17) is 23.6 Å². The van der Waals surface area contributed by atoms with Crippen molar-refractivity contribution in [3.8, 4) is 5.75 Å². The fraction of sp³-hybridized carbons (Fsp3) is 0.562. The predicted octanol–water partition coefficient (Wildman–Crippen LogP) is 3.05. The Balaban J connectivity index is 2.47. The van der Waals surface area contributed by atoms with E-state index >= 15 is 0 Å². The lowest BCUT2D eigenvalue weighted by Gasteiger charge is -2.20. The molecule has 0 saturated heterocycles. The number of benzene rings is 1. The molecule has 0 aliphatic rings. The zero-order chi connectivity index (χ0) is 17.8. The van der Waals surface area contributed by atoms with E-state index in [-0.39, 0.29) is 6.42 Å². The summed E-state index contributed by atoms with van der Waals surface area (Å²) in [6.07, 6.45) is 0.608. The molecule has 0 heterocycles. The van der Waals surface area contributed by atoms with Gasteiger partial charge in [0, 0.05) is 27.2 Å². The highest BCUT2D eigenvalue weighted by Crippen LogP contribution is 2.47. The maximum Gasteiger partial charge on any atom is 0.303 e. The maximum absolute atomic E-state index is 10.6. The molecule has 0 bridgehead atoms. The van der Waals surface area contributed by atoms with E-state index in [0.29, 0.717) is 38.6 Å². The lowest BCUT2D eigenvalue weighted by Crippen LogP contribution is -2.08. The number of aryl methyl sites for hydroxylation is 1. The van der Waals surface area contributed by atoms with Crippen LogP contribution < -0.4 is 4.52 Å². The Morgan fingerprint density at radius 1 is 1.17 bits per heavy atom. The van der Waals surface area contributed by atoms with Crippen molar-refractivity contribution in [3.63, 3.8) is 0 Å². The molecule has 7 nitrogen and oxygen atoms in total. The van der Waals surface area contributed by atoms with Crippen LogP contribution in [0.4, 0.5) is 0 Å². The van der Waals surface area contributed by atoms with Crippen molar-refractivity contribution in [2.45, 2.75) is 12.8 Å². The van der Waals surface area contributed by atoms with E-state index in [1.165, 1.54) is 0 Å². The van der Waals surface area contributed by atoms with E-state index in [1.54, 1.807) is 26.3 Å². The molecule has 136 valence electrons. The number of carboxylic acid groups (broad SMARTS) is 1. The third kappa shape index (κ3) is 8.45. The van der Waals surface area contributed by atoms with Crippen LogP contribution in [0.3, 0.4) is 0 Å². The van der Waals surface area contributed by atoms with Crippen molar-refractivity contribution in [1.82, 2.24) is 0 Å². The molecule has 1 unspecified atom stereocenters. The Morgan fingerprint density at radius 2 is 1.83 bits per heavy atom. The lowest BCUT2D eigenvalue weighted by atomic mass is 10.1. The van der Waals surface area contributed by atoms with Crippen LogP contribution in [0.2, 0.25) is 0 Å². The largest absolute Gasteiger partial charge is 0.481 e. The number of hydrogen-bond donors (Lipinski definition) is 1. The van der Waals surface area contributed by atoms with Crippen molar-refractivity contribution in [2.24, 2.45) is 4.74 Å². The topological polar surface area (TPSA) is 86.6 Å². The lowest BCUT2D eigenvalue weighted by molar-refractivity contribution is -0.136. The highest BCUT2D eigenvalue weighted by Gasteiger charge is 2.15. The van der Waals surface area contributed by atoms with Gasteiger partial charge in [0.2, 0.25) is 0 Å². The number of hydrogen-bond acceptors (Lipinski definition) is 6. The smallest absolute Gasteiger partial charge is 0.303 e. The minimum absolute atomic E-state index is 0.112. The van der Waals surface area contributed by atoms with Gasteiger partial charge in [0.15, 0.2) is 0 Å². The molecule has 24 heavy (non-hydrogen) atoms. The average Bonchev–Trinajstić information content (AvgIpc) is 2.57. The molecule has 0 aromatic heterocycles. The average molecular weight is 359 g/mol. The van der Waals surface area contributed by atoms with E-state index in [2.05, 4.69) is 4.74 Å². The summed E-state index contributed by atoms with van der Waals surface area (Å²) in [7, 11) is 0.937. The van der Waals surface area contributed by atoms with E-state index in [0.717, 1.165) is 5.56 Å². The van der Waals surface area contributed by atoms with Crippen LogP contribution >= 0.6 is 7.51 Å². The van der Waals surface area contributed by atoms with Crippen molar-refractivity contribution in [2.75, 3.05) is 47.2 Å². The van der Waals surface area contributed by atoms with Gasteiger partial charge in [0.05, 0.1) is 26.4 Å². The van der Waals surface area contributed by atoms with Gasteiger partial charge in [-0.3, -0.25) is 4.79 Å². The van der Waals surface area contributed by atoms with Gasteiger partial charge in [-0.2, -0.15) is 0 Å². The molecule has 0 fully saturated rings. The van der Waals surface area contributed by atoms with Crippen LogP contribution in [0.5, 0.6) is 5.75 Å². The molecule has 0 aliphatic carbocycles. The summed E-state index contributed by atoms with van der Waals surface area (Å²) >= 11 is 0. The molecule has 0 spiro atoms. The molecule has 1 aromatic rings. The number of carbonyl (C=O) groups is 1. The molecule has 8 heteroatoms. The number of aliphatic carboxylic acids is 1. The van der Waals surface area contributed by atoms with Crippen LogP contribution in [0.15, 0.2) is 29.0 Å². The summed E-state index contributed by atoms with van der Waals surface area (Å²) in [5.41, 5.74) is 0.950. The molecular weight excluding hydrogens is 333 g/mol. The minimum atomic E-state index is -2.35. The van der Waals surface area contributed by atoms with E-state index in [9.17, 15) is 4.79 Å². The van der Waals surface area contributed by atoms with E-state index < -0.39 is 13.5 Å². The standard InChI is InChI=1S/C16H26NO6P/c1-17-24(3,22-13-12-21-11-10-20-2)23-15-7-4-14(5-8-15)6-9-16(18)19/h4-5,7-8H,6,9-13H2,1-3H3,(H,18,19). The van der Waals surface area contributed by atoms with Crippen molar-refractivity contribution in [3.05, 3.63) is 29.8 Å². The highest BCUT2D eigenvalue weighted by molar-refractivity contribution is 7.56. The van der Waals surface area contributed by atoms with Gasteiger partial charge in [0.25, 0.3) is 7.51 Å². The fourth-order valence-electron chi connectivity index (χ4n) is 1.80. The van der Waals surface area contributed by atoms with Crippen molar-refractivity contribution >= 4 is 13.5 Å². The monoisotopic (exact) mass is 359 g/mol. The number of ether oxygens (including phenoxy) is 2. The van der Waals surface area contributed by atoms with Crippen LogP contribution in [0.25, 0.3) is 0 Å². The molecular formula is C16H26NO6P. The van der Waals surface area contributed by atoms with Crippen LogP contribution in [0.1, 0.15) is 12.0 Å².